The summed E-state index contributed by atoms with van der Waals surface area (Å²) >= 11 is 0. The summed E-state index contributed by atoms with van der Waals surface area (Å²) in [5.74, 6) is -0.460. The molecule has 0 radical (unpaired) electrons. The van der Waals surface area contributed by atoms with Gasteiger partial charge in [-0.3, -0.25) is 4.79 Å². The highest BCUT2D eigenvalue weighted by molar-refractivity contribution is 6.41. The Hall–Kier alpha value is -1.92. The zero-order chi connectivity index (χ0) is 11.5. The lowest BCUT2D eigenvalue weighted by Gasteiger charge is -2.24. The SMILES string of the molecule is CNC(=O)/C(=N/O)C(C)(C)n1cncn1. The lowest BCUT2D eigenvalue weighted by atomic mass is 9.98. The van der Waals surface area contributed by atoms with Gasteiger partial charge in [0.1, 0.15) is 18.2 Å². The van der Waals surface area contributed by atoms with Gasteiger partial charge in [0.05, 0.1) is 0 Å². The van der Waals surface area contributed by atoms with Crippen LogP contribution in [0, 0.1) is 0 Å². The number of hydrogen-bond acceptors (Lipinski definition) is 5. The molecule has 82 valence electrons. The van der Waals surface area contributed by atoms with Crippen molar-refractivity contribution >= 4 is 11.6 Å². The maximum Gasteiger partial charge on any atom is 0.271 e. The molecule has 7 nitrogen and oxygen atoms in total. The number of amides is 1. The first kappa shape index (κ1) is 11.2. The van der Waals surface area contributed by atoms with Gasteiger partial charge in [-0.05, 0) is 13.8 Å². The van der Waals surface area contributed by atoms with Gasteiger partial charge in [-0.2, -0.15) is 5.10 Å². The molecule has 0 unspecified atom stereocenters. The zero-order valence-electron chi connectivity index (χ0n) is 8.80. The molecule has 0 atom stereocenters. The summed E-state index contributed by atoms with van der Waals surface area (Å²) in [4.78, 5) is 15.2. The Morgan fingerprint density at radius 3 is 2.67 bits per heavy atom. The molecule has 15 heavy (non-hydrogen) atoms. The lowest BCUT2D eigenvalue weighted by molar-refractivity contribution is -0.114. The Morgan fingerprint density at radius 2 is 2.27 bits per heavy atom. The molecule has 1 aromatic heterocycles. The average Bonchev–Trinajstić information content (AvgIpc) is 2.71. The molecule has 0 fully saturated rings. The summed E-state index contributed by atoms with van der Waals surface area (Å²) in [6, 6.07) is 0. The first-order chi connectivity index (χ1) is 7.04. The van der Waals surface area contributed by atoms with E-state index in [1.807, 2.05) is 0 Å². The summed E-state index contributed by atoms with van der Waals surface area (Å²) in [6.07, 6.45) is 2.80. The van der Waals surface area contributed by atoms with Crippen molar-refractivity contribution in [3.8, 4) is 0 Å². The number of carbonyl (C=O) groups excluding carboxylic acids is 1. The number of hydrogen-bond donors (Lipinski definition) is 2. The third kappa shape index (κ3) is 1.95. The Balaban J connectivity index is 3.09. The molecule has 0 saturated heterocycles. The van der Waals surface area contributed by atoms with Crippen LogP contribution < -0.4 is 5.32 Å². The van der Waals surface area contributed by atoms with Gasteiger partial charge < -0.3 is 10.5 Å². The predicted molar refractivity (Wildman–Crippen MR) is 52.6 cm³/mol. The van der Waals surface area contributed by atoms with Crippen LogP contribution >= 0.6 is 0 Å². The van der Waals surface area contributed by atoms with E-state index in [4.69, 9.17) is 5.21 Å². The van der Waals surface area contributed by atoms with Gasteiger partial charge in [0.15, 0.2) is 5.71 Å². The normalized spacial score (nSPS) is 12.6. The predicted octanol–water partition coefficient (Wildman–Crippen LogP) is -0.411. The fourth-order valence-corrected chi connectivity index (χ4v) is 1.17. The number of rotatable bonds is 3. The molecule has 0 bridgehead atoms. The van der Waals surface area contributed by atoms with E-state index in [1.165, 1.54) is 24.4 Å². The summed E-state index contributed by atoms with van der Waals surface area (Å²) in [7, 11) is 1.46. The smallest absolute Gasteiger partial charge is 0.271 e. The largest absolute Gasteiger partial charge is 0.410 e. The quantitative estimate of drug-likeness (QED) is 0.404. The molecule has 0 saturated carbocycles. The van der Waals surface area contributed by atoms with Gasteiger partial charge >= 0.3 is 0 Å². The van der Waals surface area contributed by atoms with Crippen LogP contribution in [0.15, 0.2) is 17.8 Å². The first-order valence-electron chi connectivity index (χ1n) is 4.33. The summed E-state index contributed by atoms with van der Waals surface area (Å²) in [5.41, 5.74) is -0.888. The van der Waals surface area contributed by atoms with E-state index < -0.39 is 11.4 Å². The van der Waals surface area contributed by atoms with Crippen LogP contribution in [0.4, 0.5) is 0 Å². The van der Waals surface area contributed by atoms with E-state index in [9.17, 15) is 4.79 Å². The second kappa shape index (κ2) is 4.07. The van der Waals surface area contributed by atoms with Crippen LogP contribution in [0.1, 0.15) is 13.8 Å². The van der Waals surface area contributed by atoms with Crippen molar-refractivity contribution in [3.05, 3.63) is 12.7 Å². The third-order valence-electron chi connectivity index (χ3n) is 2.11. The molecule has 2 N–H and O–H groups in total. The van der Waals surface area contributed by atoms with Gasteiger partial charge in [0.2, 0.25) is 0 Å². The van der Waals surface area contributed by atoms with Gasteiger partial charge in [0.25, 0.3) is 5.91 Å². The number of nitrogens with one attached hydrogen (secondary N) is 1. The van der Waals surface area contributed by atoms with E-state index in [0.717, 1.165) is 0 Å². The maximum atomic E-state index is 11.4. The minimum Gasteiger partial charge on any atom is -0.410 e. The van der Waals surface area contributed by atoms with E-state index in [-0.39, 0.29) is 5.71 Å². The Bertz CT molecular complexity index is 368. The molecule has 0 aliphatic carbocycles. The number of nitrogens with zero attached hydrogens (tertiary/aromatic N) is 4. The molecule has 1 heterocycles. The molecule has 1 aromatic rings. The topological polar surface area (TPSA) is 92.4 Å². The summed E-state index contributed by atoms with van der Waals surface area (Å²) < 4.78 is 1.44. The van der Waals surface area contributed by atoms with Crippen molar-refractivity contribution in [2.45, 2.75) is 19.4 Å². The average molecular weight is 211 g/mol. The molecule has 0 spiro atoms. The number of aromatic nitrogens is 3. The zero-order valence-corrected chi connectivity index (χ0v) is 8.80. The van der Waals surface area contributed by atoms with Crippen LogP contribution in [0.25, 0.3) is 0 Å². The minimum atomic E-state index is -0.856. The highest BCUT2D eigenvalue weighted by Crippen LogP contribution is 2.15. The molecular formula is C8H13N5O2. The van der Waals surface area contributed by atoms with Crippen LogP contribution in [0.2, 0.25) is 0 Å². The van der Waals surface area contributed by atoms with Crippen molar-refractivity contribution in [1.82, 2.24) is 20.1 Å². The Kier molecular flexibility index (Phi) is 3.03. The Morgan fingerprint density at radius 1 is 1.60 bits per heavy atom. The van der Waals surface area contributed by atoms with Crippen LogP contribution in [-0.4, -0.2) is 38.6 Å². The Labute approximate surface area is 86.8 Å². The highest BCUT2D eigenvalue weighted by atomic mass is 16.4. The third-order valence-corrected chi connectivity index (χ3v) is 2.11. The standard InChI is InChI=1S/C8H13N5O2/c1-8(2,13-5-10-4-11-13)6(12-15)7(14)9-3/h4-5,15H,1-3H3,(H,9,14)/b12-6-. The van der Waals surface area contributed by atoms with Crippen molar-refractivity contribution < 1.29 is 10.0 Å². The summed E-state index contributed by atoms with van der Waals surface area (Å²) in [5, 5.41) is 18.1. The van der Waals surface area contributed by atoms with E-state index in [2.05, 4.69) is 20.6 Å². The van der Waals surface area contributed by atoms with E-state index in [1.54, 1.807) is 13.8 Å². The van der Waals surface area contributed by atoms with Crippen molar-refractivity contribution in [1.29, 1.82) is 0 Å². The first-order valence-corrected chi connectivity index (χ1v) is 4.33. The van der Waals surface area contributed by atoms with Crippen LogP contribution in [-0.2, 0) is 10.3 Å². The van der Waals surface area contributed by atoms with Gasteiger partial charge in [-0.1, -0.05) is 5.16 Å². The maximum absolute atomic E-state index is 11.4. The monoisotopic (exact) mass is 211 g/mol. The number of carbonyl (C=O) groups is 1. The molecule has 1 amide bonds. The molecule has 0 aromatic carbocycles. The van der Waals surface area contributed by atoms with Crippen molar-refractivity contribution in [3.63, 3.8) is 0 Å². The van der Waals surface area contributed by atoms with Crippen molar-refractivity contribution in [2.24, 2.45) is 5.16 Å². The second-order valence-electron chi connectivity index (χ2n) is 3.43. The fourth-order valence-electron chi connectivity index (χ4n) is 1.17. The number of oxime groups is 1. The lowest BCUT2D eigenvalue weighted by Crippen LogP contribution is -2.45. The van der Waals surface area contributed by atoms with Gasteiger partial charge in [0, 0.05) is 7.05 Å². The van der Waals surface area contributed by atoms with Crippen molar-refractivity contribution in [2.75, 3.05) is 7.05 Å². The molecule has 0 aliphatic heterocycles. The highest BCUT2D eigenvalue weighted by Gasteiger charge is 2.33. The van der Waals surface area contributed by atoms with Gasteiger partial charge in [-0.15, -0.1) is 0 Å². The summed E-state index contributed by atoms with van der Waals surface area (Å²) in [6.45, 7) is 3.40. The fraction of sp³-hybridized carbons (Fsp3) is 0.500. The molecular weight excluding hydrogens is 198 g/mol. The molecule has 0 aliphatic rings. The van der Waals surface area contributed by atoms with Crippen LogP contribution in [0.5, 0.6) is 0 Å². The van der Waals surface area contributed by atoms with Crippen LogP contribution in [0.3, 0.4) is 0 Å². The molecule has 7 heteroatoms. The van der Waals surface area contributed by atoms with Gasteiger partial charge in [-0.25, -0.2) is 9.67 Å². The minimum absolute atomic E-state index is 0.0319. The molecule has 1 rings (SSSR count). The second-order valence-corrected chi connectivity index (χ2v) is 3.43. The van der Waals surface area contributed by atoms with E-state index >= 15 is 0 Å². The van der Waals surface area contributed by atoms with E-state index in [0.29, 0.717) is 0 Å².